The van der Waals surface area contributed by atoms with Gasteiger partial charge in [-0.15, -0.1) is 0 Å². The standard InChI is InChI=1S/C10H14N2O2/c1-7(11)10(13)12-8-3-5-9(14-2)6-4-8/h3-7H,11H2,1-2H3,(H,12,13)/t7-/m0/s1. The van der Waals surface area contributed by atoms with Crippen LogP contribution in [0.1, 0.15) is 6.92 Å². The molecule has 0 heterocycles. The highest BCUT2D eigenvalue weighted by Crippen LogP contribution is 2.14. The number of anilines is 1. The van der Waals surface area contributed by atoms with Crippen LogP contribution in [0.15, 0.2) is 24.3 Å². The molecule has 4 heteroatoms. The number of carbonyl (C=O) groups excluding carboxylic acids is 1. The fourth-order valence-electron chi connectivity index (χ4n) is 0.930. The van der Waals surface area contributed by atoms with E-state index in [9.17, 15) is 4.79 Å². The van der Waals surface area contributed by atoms with Gasteiger partial charge in [-0.1, -0.05) is 0 Å². The summed E-state index contributed by atoms with van der Waals surface area (Å²) in [4.78, 5) is 11.2. The minimum atomic E-state index is -0.503. The zero-order valence-electron chi connectivity index (χ0n) is 8.28. The molecule has 1 amide bonds. The topological polar surface area (TPSA) is 64.3 Å². The molecule has 14 heavy (non-hydrogen) atoms. The first-order chi connectivity index (χ1) is 6.63. The Balaban J connectivity index is 2.64. The van der Waals surface area contributed by atoms with Crippen molar-refractivity contribution >= 4 is 11.6 Å². The molecule has 4 nitrogen and oxygen atoms in total. The van der Waals surface area contributed by atoms with Gasteiger partial charge in [-0.3, -0.25) is 4.79 Å². The molecular formula is C10H14N2O2. The van der Waals surface area contributed by atoms with Crippen molar-refractivity contribution in [3.05, 3.63) is 24.3 Å². The Kier molecular flexibility index (Phi) is 3.48. The average Bonchev–Trinajstić information content (AvgIpc) is 2.19. The first-order valence-electron chi connectivity index (χ1n) is 4.34. The number of rotatable bonds is 3. The van der Waals surface area contributed by atoms with Gasteiger partial charge in [0.25, 0.3) is 0 Å². The number of nitrogens with two attached hydrogens (primary N) is 1. The molecule has 0 saturated carbocycles. The number of hydrogen-bond donors (Lipinski definition) is 2. The third-order valence-electron chi connectivity index (χ3n) is 1.77. The van der Waals surface area contributed by atoms with Crippen LogP contribution in [0.2, 0.25) is 0 Å². The SMILES string of the molecule is COc1ccc(NC(=O)[C@H](C)N)cc1. The van der Waals surface area contributed by atoms with Crippen LogP contribution in [0.3, 0.4) is 0 Å². The van der Waals surface area contributed by atoms with Gasteiger partial charge in [-0.05, 0) is 31.2 Å². The van der Waals surface area contributed by atoms with Gasteiger partial charge in [-0.2, -0.15) is 0 Å². The predicted octanol–water partition coefficient (Wildman–Crippen LogP) is 0.981. The zero-order valence-corrected chi connectivity index (χ0v) is 8.28. The Morgan fingerprint density at radius 3 is 2.43 bits per heavy atom. The lowest BCUT2D eigenvalue weighted by Gasteiger charge is -2.07. The highest BCUT2D eigenvalue weighted by molar-refractivity contribution is 5.94. The molecule has 76 valence electrons. The van der Waals surface area contributed by atoms with Crippen LogP contribution in [-0.2, 0) is 4.79 Å². The van der Waals surface area contributed by atoms with Crippen molar-refractivity contribution in [2.75, 3.05) is 12.4 Å². The monoisotopic (exact) mass is 194 g/mol. The van der Waals surface area contributed by atoms with Crippen molar-refractivity contribution < 1.29 is 9.53 Å². The van der Waals surface area contributed by atoms with Crippen molar-refractivity contribution in [1.82, 2.24) is 0 Å². The number of amides is 1. The second-order valence-corrected chi connectivity index (χ2v) is 3.01. The number of hydrogen-bond acceptors (Lipinski definition) is 3. The Bertz CT molecular complexity index is 306. The lowest BCUT2D eigenvalue weighted by Crippen LogP contribution is -2.32. The Hall–Kier alpha value is -1.55. The molecule has 0 unspecified atom stereocenters. The van der Waals surface area contributed by atoms with Crippen LogP contribution in [-0.4, -0.2) is 19.1 Å². The lowest BCUT2D eigenvalue weighted by molar-refractivity contribution is -0.117. The van der Waals surface area contributed by atoms with E-state index < -0.39 is 6.04 Å². The van der Waals surface area contributed by atoms with Crippen LogP contribution >= 0.6 is 0 Å². The molecule has 0 bridgehead atoms. The van der Waals surface area contributed by atoms with Crippen LogP contribution < -0.4 is 15.8 Å². The summed E-state index contributed by atoms with van der Waals surface area (Å²) in [5.41, 5.74) is 6.12. The van der Waals surface area contributed by atoms with Gasteiger partial charge in [0.15, 0.2) is 0 Å². The van der Waals surface area contributed by atoms with E-state index in [1.54, 1.807) is 38.3 Å². The van der Waals surface area contributed by atoms with Gasteiger partial charge < -0.3 is 15.8 Å². The maximum atomic E-state index is 11.2. The minimum Gasteiger partial charge on any atom is -0.497 e. The highest BCUT2D eigenvalue weighted by Gasteiger charge is 2.06. The smallest absolute Gasteiger partial charge is 0.240 e. The fourth-order valence-corrected chi connectivity index (χ4v) is 0.930. The van der Waals surface area contributed by atoms with Crippen molar-refractivity contribution in [1.29, 1.82) is 0 Å². The van der Waals surface area contributed by atoms with E-state index >= 15 is 0 Å². The summed E-state index contributed by atoms with van der Waals surface area (Å²) in [6, 6.07) is 6.57. The van der Waals surface area contributed by atoms with Gasteiger partial charge in [0.05, 0.1) is 13.2 Å². The van der Waals surface area contributed by atoms with E-state index in [0.717, 1.165) is 5.75 Å². The Labute approximate surface area is 83.1 Å². The highest BCUT2D eigenvalue weighted by atomic mass is 16.5. The van der Waals surface area contributed by atoms with E-state index in [2.05, 4.69) is 5.32 Å². The Morgan fingerprint density at radius 2 is 2.00 bits per heavy atom. The molecule has 0 aliphatic carbocycles. The van der Waals surface area contributed by atoms with Gasteiger partial charge >= 0.3 is 0 Å². The third-order valence-corrected chi connectivity index (χ3v) is 1.77. The summed E-state index contributed by atoms with van der Waals surface area (Å²) in [5.74, 6) is 0.555. The molecule has 0 aromatic heterocycles. The molecule has 1 rings (SSSR count). The zero-order chi connectivity index (χ0) is 10.6. The van der Waals surface area contributed by atoms with Gasteiger partial charge in [0.1, 0.15) is 5.75 Å². The maximum Gasteiger partial charge on any atom is 0.240 e. The van der Waals surface area contributed by atoms with E-state index in [-0.39, 0.29) is 5.91 Å². The maximum absolute atomic E-state index is 11.2. The largest absolute Gasteiger partial charge is 0.497 e. The molecule has 1 aromatic carbocycles. The summed E-state index contributed by atoms with van der Waals surface area (Å²) >= 11 is 0. The third kappa shape index (κ3) is 2.74. The normalized spacial score (nSPS) is 11.9. The summed E-state index contributed by atoms with van der Waals surface area (Å²) in [7, 11) is 1.59. The molecule has 0 saturated heterocycles. The second-order valence-electron chi connectivity index (χ2n) is 3.01. The number of methoxy groups -OCH3 is 1. The van der Waals surface area contributed by atoms with Gasteiger partial charge in [0, 0.05) is 5.69 Å². The van der Waals surface area contributed by atoms with Crippen molar-refractivity contribution in [2.45, 2.75) is 13.0 Å². The molecule has 1 atom stereocenters. The number of carbonyl (C=O) groups is 1. The molecule has 0 aliphatic heterocycles. The van der Waals surface area contributed by atoms with Crippen LogP contribution in [0.25, 0.3) is 0 Å². The van der Waals surface area contributed by atoms with Gasteiger partial charge in [-0.25, -0.2) is 0 Å². The molecule has 1 aromatic rings. The second kappa shape index (κ2) is 4.62. The number of nitrogens with one attached hydrogen (secondary N) is 1. The Morgan fingerprint density at radius 1 is 1.43 bits per heavy atom. The summed E-state index contributed by atoms with van der Waals surface area (Å²) < 4.78 is 4.98. The molecule has 0 spiro atoms. The molecule has 0 fully saturated rings. The molecule has 0 aliphatic rings. The van der Waals surface area contributed by atoms with E-state index in [1.165, 1.54) is 0 Å². The first-order valence-corrected chi connectivity index (χ1v) is 4.34. The first kappa shape index (κ1) is 10.5. The lowest BCUT2D eigenvalue weighted by atomic mass is 10.2. The predicted molar refractivity (Wildman–Crippen MR) is 55.3 cm³/mol. The number of ether oxygens (including phenoxy) is 1. The molecule has 3 N–H and O–H groups in total. The van der Waals surface area contributed by atoms with Crippen molar-refractivity contribution in [2.24, 2.45) is 5.73 Å². The van der Waals surface area contributed by atoms with Crippen LogP contribution in [0, 0.1) is 0 Å². The van der Waals surface area contributed by atoms with Crippen molar-refractivity contribution in [3.8, 4) is 5.75 Å². The van der Waals surface area contributed by atoms with Crippen LogP contribution in [0.4, 0.5) is 5.69 Å². The van der Waals surface area contributed by atoms with Crippen LogP contribution in [0.5, 0.6) is 5.75 Å². The number of benzene rings is 1. The van der Waals surface area contributed by atoms with E-state index in [1.807, 2.05) is 0 Å². The summed E-state index contributed by atoms with van der Waals surface area (Å²) in [6.45, 7) is 1.64. The van der Waals surface area contributed by atoms with E-state index in [4.69, 9.17) is 10.5 Å². The minimum absolute atomic E-state index is 0.199. The molecular weight excluding hydrogens is 180 g/mol. The summed E-state index contributed by atoms with van der Waals surface area (Å²) in [6.07, 6.45) is 0. The van der Waals surface area contributed by atoms with E-state index in [0.29, 0.717) is 5.69 Å². The fraction of sp³-hybridized carbons (Fsp3) is 0.300. The summed E-state index contributed by atoms with van der Waals surface area (Å²) in [5, 5.41) is 2.67. The van der Waals surface area contributed by atoms with Gasteiger partial charge in [0.2, 0.25) is 5.91 Å². The average molecular weight is 194 g/mol. The van der Waals surface area contributed by atoms with Crippen molar-refractivity contribution in [3.63, 3.8) is 0 Å². The quantitative estimate of drug-likeness (QED) is 0.753. The molecule has 0 radical (unpaired) electrons.